The van der Waals surface area contributed by atoms with Crippen molar-refractivity contribution in [3.8, 4) is 0 Å². The highest BCUT2D eigenvalue weighted by Crippen LogP contribution is 2.18. The number of thioether (sulfide) groups is 1. The molecular formula is C13H17N5OS. The van der Waals surface area contributed by atoms with Crippen LogP contribution in [0.1, 0.15) is 6.92 Å². The lowest BCUT2D eigenvalue weighted by atomic mass is 10.3. The van der Waals surface area contributed by atoms with Crippen molar-refractivity contribution in [2.75, 3.05) is 11.6 Å². The van der Waals surface area contributed by atoms with Gasteiger partial charge >= 0.3 is 6.03 Å². The van der Waals surface area contributed by atoms with E-state index in [2.05, 4.69) is 20.7 Å². The Morgan fingerprint density at radius 3 is 3.05 bits per heavy atom. The number of carbonyl (C=O) groups excluding carboxylic acids is 1. The first-order valence-corrected chi connectivity index (χ1v) is 7.44. The Morgan fingerprint density at radius 1 is 1.50 bits per heavy atom. The van der Waals surface area contributed by atoms with Crippen LogP contribution >= 0.6 is 11.8 Å². The summed E-state index contributed by atoms with van der Waals surface area (Å²) in [5.41, 5.74) is 0.780. The van der Waals surface area contributed by atoms with E-state index >= 15 is 0 Å². The zero-order valence-corrected chi connectivity index (χ0v) is 12.2. The van der Waals surface area contributed by atoms with Crippen molar-refractivity contribution in [3.05, 3.63) is 36.9 Å². The number of benzene rings is 1. The van der Waals surface area contributed by atoms with Crippen LogP contribution in [0.25, 0.3) is 0 Å². The number of rotatable bonds is 5. The second-order valence-electron chi connectivity index (χ2n) is 4.35. The number of urea groups is 1. The van der Waals surface area contributed by atoms with Crippen molar-refractivity contribution in [2.45, 2.75) is 24.4 Å². The molecule has 6 nitrogen and oxygen atoms in total. The summed E-state index contributed by atoms with van der Waals surface area (Å²) in [6.45, 7) is 2.50. The highest BCUT2D eigenvalue weighted by Gasteiger charge is 2.08. The third-order valence-corrected chi connectivity index (χ3v) is 3.36. The lowest BCUT2D eigenvalue weighted by molar-refractivity contribution is 0.247. The Bertz CT molecular complexity index is 558. The molecule has 1 atom stereocenters. The summed E-state index contributed by atoms with van der Waals surface area (Å²) in [6, 6.07) is 7.45. The van der Waals surface area contributed by atoms with Crippen LogP contribution in [0.4, 0.5) is 10.5 Å². The Kier molecular flexibility index (Phi) is 5.00. The molecule has 1 unspecified atom stereocenters. The first-order chi connectivity index (χ1) is 9.67. The van der Waals surface area contributed by atoms with E-state index in [9.17, 15) is 4.79 Å². The Labute approximate surface area is 122 Å². The van der Waals surface area contributed by atoms with E-state index in [1.807, 2.05) is 37.4 Å². The van der Waals surface area contributed by atoms with E-state index in [1.54, 1.807) is 22.8 Å². The largest absolute Gasteiger partial charge is 0.334 e. The highest BCUT2D eigenvalue weighted by atomic mass is 32.2. The summed E-state index contributed by atoms with van der Waals surface area (Å²) >= 11 is 1.64. The molecule has 0 aliphatic heterocycles. The van der Waals surface area contributed by atoms with E-state index < -0.39 is 0 Å². The number of nitrogens with zero attached hydrogens (tertiary/aromatic N) is 3. The lowest BCUT2D eigenvalue weighted by Gasteiger charge is -2.14. The van der Waals surface area contributed by atoms with Gasteiger partial charge in [-0.25, -0.2) is 9.78 Å². The van der Waals surface area contributed by atoms with Crippen molar-refractivity contribution < 1.29 is 4.79 Å². The molecule has 0 bridgehead atoms. The molecule has 1 aromatic heterocycles. The summed E-state index contributed by atoms with van der Waals surface area (Å²) < 4.78 is 1.68. The van der Waals surface area contributed by atoms with Gasteiger partial charge in [0.2, 0.25) is 0 Å². The molecular weight excluding hydrogens is 274 g/mol. The molecule has 0 saturated carbocycles. The standard InChI is InChI=1S/C13H17N5OS/c1-10(7-18-9-14-8-15-18)16-13(19)17-11-4-3-5-12(6-11)20-2/h3-6,8-10H,7H2,1-2H3,(H2,16,17,19). The minimum Gasteiger partial charge on any atom is -0.334 e. The average molecular weight is 291 g/mol. The fraction of sp³-hybridized carbons (Fsp3) is 0.308. The van der Waals surface area contributed by atoms with Gasteiger partial charge in [-0.2, -0.15) is 5.10 Å². The third kappa shape index (κ3) is 4.27. The predicted octanol–water partition coefficient (Wildman–Crippen LogP) is 2.21. The molecule has 7 heteroatoms. The molecule has 20 heavy (non-hydrogen) atoms. The number of nitrogens with one attached hydrogen (secondary N) is 2. The van der Waals surface area contributed by atoms with Crippen molar-refractivity contribution in [1.82, 2.24) is 20.1 Å². The number of hydrogen-bond acceptors (Lipinski definition) is 4. The maximum atomic E-state index is 11.9. The zero-order valence-electron chi connectivity index (χ0n) is 11.4. The SMILES string of the molecule is CSc1cccc(NC(=O)NC(C)Cn2cncn2)c1. The molecule has 2 N–H and O–H groups in total. The summed E-state index contributed by atoms with van der Waals surface area (Å²) in [7, 11) is 0. The van der Waals surface area contributed by atoms with Gasteiger partial charge in [0.15, 0.2) is 0 Å². The van der Waals surface area contributed by atoms with Gasteiger partial charge < -0.3 is 10.6 Å². The van der Waals surface area contributed by atoms with Crippen LogP contribution in [0.5, 0.6) is 0 Å². The van der Waals surface area contributed by atoms with Crippen molar-refractivity contribution in [1.29, 1.82) is 0 Å². The number of carbonyl (C=O) groups is 1. The van der Waals surface area contributed by atoms with Crippen LogP contribution in [0.3, 0.4) is 0 Å². The summed E-state index contributed by atoms with van der Waals surface area (Å²) in [4.78, 5) is 16.8. The maximum absolute atomic E-state index is 11.9. The minimum atomic E-state index is -0.226. The predicted molar refractivity (Wildman–Crippen MR) is 79.9 cm³/mol. The molecule has 1 aromatic carbocycles. The quantitative estimate of drug-likeness (QED) is 0.829. The molecule has 0 spiro atoms. The van der Waals surface area contributed by atoms with Gasteiger partial charge in [0, 0.05) is 16.6 Å². The van der Waals surface area contributed by atoms with Crippen LogP contribution in [-0.2, 0) is 6.54 Å². The van der Waals surface area contributed by atoms with Crippen molar-refractivity contribution in [3.63, 3.8) is 0 Å². The van der Waals surface area contributed by atoms with Crippen LogP contribution in [0.2, 0.25) is 0 Å². The number of aromatic nitrogens is 3. The molecule has 0 aliphatic carbocycles. The summed E-state index contributed by atoms with van der Waals surface area (Å²) in [6.07, 6.45) is 5.10. The minimum absolute atomic E-state index is 0.0413. The van der Waals surface area contributed by atoms with E-state index in [1.165, 1.54) is 6.33 Å². The Morgan fingerprint density at radius 2 is 2.35 bits per heavy atom. The fourth-order valence-corrected chi connectivity index (χ4v) is 2.20. The van der Waals surface area contributed by atoms with Crippen LogP contribution in [-0.4, -0.2) is 33.1 Å². The van der Waals surface area contributed by atoms with Crippen molar-refractivity contribution in [2.24, 2.45) is 0 Å². The average Bonchev–Trinajstić information content (AvgIpc) is 2.91. The van der Waals surface area contributed by atoms with Crippen LogP contribution in [0, 0.1) is 0 Å². The van der Waals surface area contributed by atoms with Crippen LogP contribution in [0.15, 0.2) is 41.8 Å². The van der Waals surface area contributed by atoms with Gasteiger partial charge in [0.05, 0.1) is 6.54 Å². The highest BCUT2D eigenvalue weighted by molar-refractivity contribution is 7.98. The molecule has 0 aliphatic rings. The van der Waals surface area contributed by atoms with Gasteiger partial charge in [-0.1, -0.05) is 6.07 Å². The van der Waals surface area contributed by atoms with Gasteiger partial charge in [-0.05, 0) is 31.4 Å². The number of hydrogen-bond donors (Lipinski definition) is 2. The molecule has 2 amide bonds. The van der Waals surface area contributed by atoms with Gasteiger partial charge in [0.1, 0.15) is 12.7 Å². The zero-order chi connectivity index (χ0) is 14.4. The Balaban J connectivity index is 1.85. The van der Waals surface area contributed by atoms with Gasteiger partial charge in [-0.3, -0.25) is 4.68 Å². The second-order valence-corrected chi connectivity index (χ2v) is 5.23. The van der Waals surface area contributed by atoms with Gasteiger partial charge in [-0.15, -0.1) is 11.8 Å². The monoisotopic (exact) mass is 291 g/mol. The number of amides is 2. The van der Waals surface area contributed by atoms with E-state index in [4.69, 9.17) is 0 Å². The van der Waals surface area contributed by atoms with E-state index in [0.29, 0.717) is 6.54 Å². The van der Waals surface area contributed by atoms with Gasteiger partial charge in [0.25, 0.3) is 0 Å². The second kappa shape index (κ2) is 6.95. The molecule has 0 radical (unpaired) electrons. The molecule has 1 heterocycles. The molecule has 2 rings (SSSR count). The summed E-state index contributed by atoms with van der Waals surface area (Å²) in [5, 5.41) is 9.68. The maximum Gasteiger partial charge on any atom is 0.319 e. The summed E-state index contributed by atoms with van der Waals surface area (Å²) in [5.74, 6) is 0. The van der Waals surface area contributed by atoms with E-state index in [-0.39, 0.29) is 12.1 Å². The third-order valence-electron chi connectivity index (χ3n) is 2.63. The molecule has 2 aromatic rings. The normalized spacial score (nSPS) is 11.9. The number of anilines is 1. The topological polar surface area (TPSA) is 71.8 Å². The lowest BCUT2D eigenvalue weighted by Crippen LogP contribution is -2.38. The Hall–Kier alpha value is -2.02. The first-order valence-electron chi connectivity index (χ1n) is 6.21. The molecule has 0 saturated heterocycles. The first kappa shape index (κ1) is 14.4. The molecule has 0 fully saturated rings. The smallest absolute Gasteiger partial charge is 0.319 e. The van der Waals surface area contributed by atoms with Crippen LogP contribution < -0.4 is 10.6 Å². The molecule has 106 valence electrons. The fourth-order valence-electron chi connectivity index (χ4n) is 1.75. The van der Waals surface area contributed by atoms with Crippen molar-refractivity contribution >= 4 is 23.5 Å². The van der Waals surface area contributed by atoms with E-state index in [0.717, 1.165) is 10.6 Å².